The van der Waals surface area contributed by atoms with Crippen molar-refractivity contribution < 1.29 is 33.3 Å². The number of furan rings is 1. The molecule has 2 aromatic carbocycles. The van der Waals surface area contributed by atoms with Gasteiger partial charge in [0.2, 0.25) is 0 Å². The van der Waals surface area contributed by atoms with Crippen LogP contribution < -0.4 is 14.2 Å². The number of aliphatic hydroxyl groups is 1. The van der Waals surface area contributed by atoms with Gasteiger partial charge in [-0.25, -0.2) is 0 Å². The molecule has 3 aromatic rings. The minimum absolute atomic E-state index is 0.0446. The third-order valence-corrected chi connectivity index (χ3v) is 5.54. The van der Waals surface area contributed by atoms with Crippen LogP contribution in [0.4, 0.5) is 0 Å². The van der Waals surface area contributed by atoms with Gasteiger partial charge in [0.05, 0.1) is 45.8 Å². The van der Waals surface area contributed by atoms with Gasteiger partial charge in [0.1, 0.15) is 17.3 Å². The molecule has 0 radical (unpaired) electrons. The van der Waals surface area contributed by atoms with Crippen LogP contribution in [0.1, 0.15) is 22.9 Å². The molecule has 1 N–H and O–H groups in total. The van der Waals surface area contributed by atoms with Gasteiger partial charge in [0, 0.05) is 11.1 Å². The molecule has 1 aliphatic rings. The highest BCUT2D eigenvalue weighted by atomic mass is 16.5. The van der Waals surface area contributed by atoms with E-state index in [1.54, 1.807) is 54.6 Å². The van der Waals surface area contributed by atoms with Crippen LogP contribution in [0.5, 0.6) is 17.2 Å². The van der Waals surface area contributed by atoms with Crippen molar-refractivity contribution in [1.82, 2.24) is 4.90 Å². The molecule has 1 aliphatic heterocycles. The van der Waals surface area contributed by atoms with E-state index in [1.807, 2.05) is 0 Å². The first-order valence-electron chi connectivity index (χ1n) is 10.2. The lowest BCUT2D eigenvalue weighted by atomic mass is 9.94. The SMILES string of the molecule is COc1ccc(/C(O)=C2\C(=O)C(=O)N(Cc3ccco3)C2c2ccccc2OC)cc1OC. The Hall–Kier alpha value is -4.20. The highest BCUT2D eigenvalue weighted by Gasteiger charge is 2.47. The first-order valence-corrected chi connectivity index (χ1v) is 10.2. The number of hydrogen-bond donors (Lipinski definition) is 1. The minimum Gasteiger partial charge on any atom is -0.507 e. The fourth-order valence-electron chi connectivity index (χ4n) is 3.97. The van der Waals surface area contributed by atoms with Gasteiger partial charge in [-0.15, -0.1) is 0 Å². The standard InChI is InChI=1S/C25H23NO7/c1-30-18-9-5-4-8-17(18)22-21(23(27)15-10-11-19(31-2)20(13-15)32-3)24(28)25(29)26(22)14-16-7-6-12-33-16/h4-13,22,27H,14H2,1-3H3/b23-21+. The van der Waals surface area contributed by atoms with Gasteiger partial charge in [-0.2, -0.15) is 0 Å². The molecule has 170 valence electrons. The van der Waals surface area contributed by atoms with Crippen molar-refractivity contribution in [3.05, 3.63) is 83.3 Å². The van der Waals surface area contributed by atoms with E-state index >= 15 is 0 Å². The number of likely N-dealkylation sites (tertiary alicyclic amines) is 1. The molecule has 0 saturated carbocycles. The van der Waals surface area contributed by atoms with Crippen molar-refractivity contribution in [2.75, 3.05) is 21.3 Å². The summed E-state index contributed by atoms with van der Waals surface area (Å²) >= 11 is 0. The zero-order chi connectivity index (χ0) is 23.5. The number of methoxy groups -OCH3 is 3. The van der Waals surface area contributed by atoms with E-state index in [9.17, 15) is 14.7 Å². The quantitative estimate of drug-likeness (QED) is 0.332. The summed E-state index contributed by atoms with van der Waals surface area (Å²) in [6, 6.07) is 14.3. The van der Waals surface area contributed by atoms with E-state index in [0.29, 0.717) is 34.1 Å². The number of amides is 1. The highest BCUT2D eigenvalue weighted by molar-refractivity contribution is 6.46. The average molecular weight is 449 g/mol. The van der Waals surface area contributed by atoms with Gasteiger partial charge in [0.25, 0.3) is 11.7 Å². The molecule has 2 heterocycles. The summed E-state index contributed by atoms with van der Waals surface area (Å²) in [7, 11) is 4.48. The second kappa shape index (κ2) is 9.12. The van der Waals surface area contributed by atoms with Gasteiger partial charge in [-0.05, 0) is 36.4 Å². The van der Waals surface area contributed by atoms with E-state index in [1.165, 1.54) is 32.5 Å². The number of carbonyl (C=O) groups excluding carboxylic acids is 2. The summed E-state index contributed by atoms with van der Waals surface area (Å²) in [5.74, 6) is -0.0509. The number of para-hydroxylation sites is 1. The van der Waals surface area contributed by atoms with Gasteiger partial charge in [-0.3, -0.25) is 9.59 Å². The number of Topliss-reactive ketones (excluding diaryl/α,β-unsaturated/α-hetero) is 1. The Bertz CT molecular complexity index is 1210. The average Bonchev–Trinajstić information content (AvgIpc) is 3.45. The van der Waals surface area contributed by atoms with E-state index in [0.717, 1.165) is 0 Å². The van der Waals surface area contributed by atoms with Crippen LogP contribution >= 0.6 is 0 Å². The van der Waals surface area contributed by atoms with Crippen molar-refractivity contribution in [3.63, 3.8) is 0 Å². The van der Waals surface area contributed by atoms with Crippen LogP contribution in [-0.4, -0.2) is 43.0 Å². The van der Waals surface area contributed by atoms with E-state index in [-0.39, 0.29) is 17.9 Å². The Kier molecular flexibility index (Phi) is 6.08. The van der Waals surface area contributed by atoms with Crippen LogP contribution in [0.2, 0.25) is 0 Å². The highest BCUT2D eigenvalue weighted by Crippen LogP contribution is 2.44. The Labute approximate surface area is 190 Å². The predicted octanol–water partition coefficient (Wildman–Crippen LogP) is 3.93. The van der Waals surface area contributed by atoms with Gasteiger partial charge < -0.3 is 28.6 Å². The summed E-state index contributed by atoms with van der Waals surface area (Å²) in [5.41, 5.74) is 0.819. The van der Waals surface area contributed by atoms with Crippen LogP contribution in [0, 0.1) is 0 Å². The predicted molar refractivity (Wildman–Crippen MR) is 119 cm³/mol. The summed E-state index contributed by atoms with van der Waals surface area (Å²) in [6.07, 6.45) is 1.49. The zero-order valence-corrected chi connectivity index (χ0v) is 18.4. The maximum Gasteiger partial charge on any atom is 0.296 e. The Morgan fingerprint density at radius 2 is 1.67 bits per heavy atom. The molecular weight excluding hydrogens is 426 g/mol. The number of ketones is 1. The zero-order valence-electron chi connectivity index (χ0n) is 18.4. The molecule has 0 spiro atoms. The minimum atomic E-state index is -0.889. The third kappa shape index (κ3) is 3.91. The van der Waals surface area contributed by atoms with Gasteiger partial charge in [0.15, 0.2) is 11.5 Å². The van der Waals surface area contributed by atoms with E-state index in [4.69, 9.17) is 18.6 Å². The number of hydrogen-bond acceptors (Lipinski definition) is 7. The Morgan fingerprint density at radius 3 is 2.33 bits per heavy atom. The molecule has 1 unspecified atom stereocenters. The first-order chi connectivity index (χ1) is 16.0. The Morgan fingerprint density at radius 1 is 0.939 bits per heavy atom. The molecule has 8 heteroatoms. The summed E-state index contributed by atoms with van der Waals surface area (Å²) in [4.78, 5) is 27.6. The van der Waals surface area contributed by atoms with Crippen molar-refractivity contribution in [2.24, 2.45) is 0 Å². The van der Waals surface area contributed by atoms with E-state index in [2.05, 4.69) is 0 Å². The second-order valence-electron chi connectivity index (χ2n) is 7.32. The molecule has 1 atom stereocenters. The normalized spacial score (nSPS) is 17.3. The lowest BCUT2D eigenvalue weighted by Crippen LogP contribution is -2.29. The van der Waals surface area contributed by atoms with Crippen LogP contribution in [-0.2, 0) is 16.1 Å². The number of benzene rings is 2. The van der Waals surface area contributed by atoms with Crippen LogP contribution in [0.25, 0.3) is 5.76 Å². The molecule has 0 bridgehead atoms. The number of carbonyl (C=O) groups is 2. The topological polar surface area (TPSA) is 98.4 Å². The molecule has 1 saturated heterocycles. The first kappa shape index (κ1) is 22.0. The van der Waals surface area contributed by atoms with Crippen molar-refractivity contribution in [2.45, 2.75) is 12.6 Å². The smallest absolute Gasteiger partial charge is 0.296 e. The molecule has 33 heavy (non-hydrogen) atoms. The van der Waals surface area contributed by atoms with Crippen molar-refractivity contribution in [3.8, 4) is 17.2 Å². The number of ether oxygens (including phenoxy) is 3. The fraction of sp³-hybridized carbons (Fsp3) is 0.200. The molecule has 8 nitrogen and oxygen atoms in total. The molecular formula is C25H23NO7. The molecule has 1 aromatic heterocycles. The number of rotatable bonds is 7. The third-order valence-electron chi connectivity index (χ3n) is 5.54. The summed E-state index contributed by atoms with van der Waals surface area (Å²) < 4.78 is 21.5. The van der Waals surface area contributed by atoms with Crippen LogP contribution in [0.3, 0.4) is 0 Å². The summed E-state index contributed by atoms with van der Waals surface area (Å²) in [5, 5.41) is 11.3. The molecule has 1 amide bonds. The maximum atomic E-state index is 13.2. The van der Waals surface area contributed by atoms with Gasteiger partial charge in [-0.1, -0.05) is 18.2 Å². The van der Waals surface area contributed by atoms with Gasteiger partial charge >= 0.3 is 0 Å². The Balaban J connectivity index is 1.91. The summed E-state index contributed by atoms with van der Waals surface area (Å²) in [6.45, 7) is 0.0446. The fourth-order valence-corrected chi connectivity index (χ4v) is 3.97. The van der Waals surface area contributed by atoms with Crippen molar-refractivity contribution in [1.29, 1.82) is 0 Å². The lowest BCUT2D eigenvalue weighted by Gasteiger charge is -2.25. The van der Waals surface area contributed by atoms with Crippen LogP contribution in [0.15, 0.2) is 70.9 Å². The number of nitrogens with zero attached hydrogens (tertiary/aromatic N) is 1. The number of aliphatic hydroxyl groups excluding tert-OH is 1. The molecule has 1 fully saturated rings. The largest absolute Gasteiger partial charge is 0.507 e. The maximum absolute atomic E-state index is 13.2. The lowest BCUT2D eigenvalue weighted by molar-refractivity contribution is -0.140. The molecule has 0 aliphatic carbocycles. The van der Waals surface area contributed by atoms with E-state index < -0.39 is 17.7 Å². The molecule has 4 rings (SSSR count). The second-order valence-corrected chi connectivity index (χ2v) is 7.32. The van der Waals surface area contributed by atoms with Crippen molar-refractivity contribution >= 4 is 17.4 Å². The monoisotopic (exact) mass is 449 g/mol.